The zero-order chi connectivity index (χ0) is 34.9. The number of Topliss-reactive ketones (excluding diaryl/α,β-unsaturated/α-hetero) is 1. The Labute approximate surface area is 267 Å². The van der Waals surface area contributed by atoms with Crippen LogP contribution in [0.2, 0.25) is 18.1 Å². The van der Waals surface area contributed by atoms with E-state index < -0.39 is 67.4 Å². The summed E-state index contributed by atoms with van der Waals surface area (Å²) in [7, 11) is -2.27. The molecule has 0 bridgehead atoms. The summed E-state index contributed by atoms with van der Waals surface area (Å²) in [5.74, 6) is -1.08. The summed E-state index contributed by atoms with van der Waals surface area (Å²) in [6.45, 7) is 26.9. The first-order valence-corrected chi connectivity index (χ1v) is 17.8. The third-order valence-corrected chi connectivity index (χ3v) is 11.2. The maximum atomic E-state index is 13.5. The highest BCUT2D eigenvalue weighted by atomic mass is 28.4. The normalized spacial score (nSPS) is 16.3. The average Bonchev–Trinajstić information content (AvgIpc) is 2.78. The predicted molar refractivity (Wildman–Crippen MR) is 172 cm³/mol. The van der Waals surface area contributed by atoms with Crippen LogP contribution in [-0.4, -0.2) is 77.9 Å². The molecule has 2 N–H and O–H groups in total. The molecule has 1 aliphatic rings. The number of hydrogen-bond acceptors (Lipinski definition) is 13. The van der Waals surface area contributed by atoms with Crippen LogP contribution in [0.4, 0.5) is 31.8 Å². The van der Waals surface area contributed by atoms with Gasteiger partial charge in [-0.15, -0.1) is 4.90 Å². The maximum absolute atomic E-state index is 13.5. The van der Waals surface area contributed by atoms with Crippen LogP contribution < -0.4 is 20.3 Å². The third kappa shape index (κ3) is 10.8. The van der Waals surface area contributed by atoms with E-state index in [-0.39, 0.29) is 28.9 Å². The van der Waals surface area contributed by atoms with E-state index in [1.807, 2.05) is 0 Å². The van der Waals surface area contributed by atoms with Gasteiger partial charge in [0.25, 0.3) is 5.88 Å². The van der Waals surface area contributed by atoms with Gasteiger partial charge in [0.2, 0.25) is 5.95 Å². The van der Waals surface area contributed by atoms with Gasteiger partial charge >= 0.3 is 18.3 Å². The van der Waals surface area contributed by atoms with E-state index >= 15 is 0 Å². The van der Waals surface area contributed by atoms with Crippen LogP contribution in [0.25, 0.3) is 0 Å². The number of hydrogen-bond donors (Lipinski definition) is 2. The van der Waals surface area contributed by atoms with Gasteiger partial charge in [-0.05, 0) is 87.4 Å². The van der Waals surface area contributed by atoms with Gasteiger partial charge in [-0.2, -0.15) is 9.97 Å². The molecule has 0 radical (unpaired) electrons. The second kappa shape index (κ2) is 13.1. The molecule has 0 saturated heterocycles. The molecule has 0 spiro atoms. The molecule has 2 atom stereocenters. The number of rotatable bonds is 6. The van der Waals surface area contributed by atoms with E-state index in [9.17, 15) is 19.2 Å². The smallest absolute Gasteiger partial charge is 0.443 e. The number of carbonyl (C=O) groups is 4. The zero-order valence-corrected chi connectivity index (χ0v) is 30.4. The Kier molecular flexibility index (Phi) is 11.0. The Hall–Kier alpha value is -3.46. The molecule has 2 rings (SSSR count). The van der Waals surface area contributed by atoms with Crippen molar-refractivity contribution in [2.24, 2.45) is 0 Å². The maximum Gasteiger partial charge on any atom is 0.515 e. The number of nitrogens with one attached hydrogen (secondary N) is 2. The fourth-order valence-corrected chi connectivity index (χ4v) is 4.97. The molecular weight excluding hydrogens is 602 g/mol. The number of carbonyl (C=O) groups excluding carboxylic acids is 4. The van der Waals surface area contributed by atoms with E-state index in [1.165, 1.54) is 0 Å². The lowest BCUT2D eigenvalue weighted by Crippen LogP contribution is -2.50. The van der Waals surface area contributed by atoms with Gasteiger partial charge < -0.3 is 34.0 Å². The first-order valence-electron chi connectivity index (χ1n) is 14.9. The van der Waals surface area contributed by atoms with Crippen LogP contribution in [-0.2, 0) is 23.4 Å². The fourth-order valence-electron chi connectivity index (χ4n) is 3.62. The van der Waals surface area contributed by atoms with Gasteiger partial charge in [0.1, 0.15) is 34.6 Å². The lowest BCUT2D eigenvalue weighted by atomic mass is 10.1. The van der Waals surface area contributed by atoms with Gasteiger partial charge in [0.15, 0.2) is 19.9 Å². The molecule has 254 valence electrons. The number of nitrogens with zero attached hydrogens (tertiary/aromatic N) is 3. The number of fused-ring (bicyclic) bond motifs is 1. The van der Waals surface area contributed by atoms with Crippen LogP contribution in [0.15, 0.2) is 0 Å². The number of ether oxygens (including phenoxy) is 4. The van der Waals surface area contributed by atoms with E-state index in [4.69, 9.17) is 23.4 Å². The molecule has 0 saturated carbocycles. The van der Waals surface area contributed by atoms with Crippen LogP contribution >= 0.6 is 0 Å². The summed E-state index contributed by atoms with van der Waals surface area (Å²) in [6, 6.07) is -0.819. The van der Waals surface area contributed by atoms with Crippen molar-refractivity contribution in [1.82, 2.24) is 9.97 Å². The lowest BCUT2D eigenvalue weighted by molar-refractivity contribution is -0.126. The van der Waals surface area contributed by atoms with E-state index in [1.54, 1.807) is 69.2 Å². The van der Waals surface area contributed by atoms with Gasteiger partial charge in [-0.1, -0.05) is 20.8 Å². The highest BCUT2D eigenvalue weighted by Crippen LogP contribution is 2.39. The van der Waals surface area contributed by atoms with Crippen molar-refractivity contribution in [3.8, 4) is 5.88 Å². The van der Waals surface area contributed by atoms with E-state index in [2.05, 4.69) is 54.5 Å². The Bertz CT molecular complexity index is 1260. The third-order valence-electron chi connectivity index (χ3n) is 6.60. The second-order valence-corrected chi connectivity index (χ2v) is 20.2. The predicted octanol–water partition coefficient (Wildman–Crippen LogP) is 6.65. The molecule has 45 heavy (non-hydrogen) atoms. The Morgan fingerprint density at radius 2 is 1.31 bits per heavy atom. The summed E-state index contributed by atoms with van der Waals surface area (Å²) in [5, 5.41) is 5.97. The highest BCUT2D eigenvalue weighted by Gasteiger charge is 2.42. The molecule has 15 heteroatoms. The molecule has 2 amide bonds. The average molecular weight is 654 g/mol. The highest BCUT2D eigenvalue weighted by molar-refractivity contribution is 6.74. The molecular formula is C30H51N5O9Si. The van der Waals surface area contributed by atoms with Crippen LogP contribution in [0.5, 0.6) is 5.88 Å². The van der Waals surface area contributed by atoms with Gasteiger partial charge in [-0.3, -0.25) is 4.79 Å². The van der Waals surface area contributed by atoms with E-state index in [0.717, 1.165) is 0 Å². The van der Waals surface area contributed by atoms with Crippen LogP contribution in [0.3, 0.4) is 0 Å². The first kappa shape index (κ1) is 37.7. The van der Waals surface area contributed by atoms with E-state index in [0.29, 0.717) is 4.90 Å². The molecule has 1 aliphatic heterocycles. The monoisotopic (exact) mass is 653 g/mol. The number of aromatic nitrogens is 2. The Morgan fingerprint density at radius 3 is 1.76 bits per heavy atom. The number of anilines is 3. The van der Waals surface area contributed by atoms with Crippen molar-refractivity contribution in [3.05, 3.63) is 0 Å². The van der Waals surface area contributed by atoms with Gasteiger partial charge in [0, 0.05) is 6.54 Å². The van der Waals surface area contributed by atoms with Crippen molar-refractivity contribution >= 4 is 49.9 Å². The van der Waals surface area contributed by atoms with Crippen molar-refractivity contribution in [3.63, 3.8) is 0 Å². The minimum absolute atomic E-state index is 0.0436. The van der Waals surface area contributed by atoms with Gasteiger partial charge in [0.05, 0.1) is 0 Å². The van der Waals surface area contributed by atoms with Crippen molar-refractivity contribution < 1.29 is 42.6 Å². The van der Waals surface area contributed by atoms with Crippen molar-refractivity contribution in [2.45, 2.75) is 137 Å². The van der Waals surface area contributed by atoms with Crippen LogP contribution in [0.1, 0.15) is 90.0 Å². The number of amides is 2. The summed E-state index contributed by atoms with van der Waals surface area (Å²) in [6.07, 6.45) is -4.08. The topological polar surface area (TPSA) is 168 Å². The van der Waals surface area contributed by atoms with Crippen LogP contribution in [0, 0.1) is 0 Å². The first-order chi connectivity index (χ1) is 20.1. The Balaban J connectivity index is 2.60. The minimum Gasteiger partial charge on any atom is -0.443 e. The molecule has 0 unspecified atom stereocenters. The molecule has 1 aromatic heterocycles. The standard InChI is InChI=1S/C30H51N5O9Si/c1-17(44-45(14,15)30(11,12)13)20(36)18-16-31-21-19(32-18)22(40-26(39)43-29(8,9)10)34-23(33-21)35(24(37)41-27(2,3)4)25(38)42-28(5,6)7/h17-18,32H,16H2,1-15H3,(H,31,33,34)/t17-,18+/m0/s1. The molecule has 0 aliphatic carbocycles. The largest absolute Gasteiger partial charge is 0.515 e. The van der Waals surface area contributed by atoms with Crippen molar-refractivity contribution in [1.29, 1.82) is 0 Å². The summed E-state index contributed by atoms with van der Waals surface area (Å²) >= 11 is 0. The fraction of sp³-hybridized carbons (Fsp3) is 0.733. The lowest BCUT2D eigenvalue weighted by Gasteiger charge is -2.39. The molecule has 0 aromatic carbocycles. The number of imide groups is 1. The molecule has 14 nitrogen and oxygen atoms in total. The molecule has 1 aromatic rings. The number of ketones is 1. The summed E-state index contributed by atoms with van der Waals surface area (Å²) in [5.41, 5.74) is -2.84. The van der Waals surface area contributed by atoms with Crippen molar-refractivity contribution in [2.75, 3.05) is 22.1 Å². The quantitative estimate of drug-likeness (QED) is 0.190. The summed E-state index contributed by atoms with van der Waals surface area (Å²) in [4.78, 5) is 62.0. The SMILES string of the molecule is C[C@H](O[Si](C)(C)C(C)(C)C)C(=O)[C@H]1CNc2nc(N(C(=O)OC(C)(C)C)C(=O)OC(C)(C)C)nc(OC(=O)OC(C)(C)C)c2N1. The summed E-state index contributed by atoms with van der Waals surface area (Å²) < 4.78 is 28.0. The Morgan fingerprint density at radius 1 is 0.822 bits per heavy atom. The minimum atomic E-state index is -2.27. The second-order valence-electron chi connectivity index (χ2n) is 15.4. The van der Waals surface area contributed by atoms with Gasteiger partial charge in [-0.25, -0.2) is 14.4 Å². The molecule has 2 heterocycles. The molecule has 0 fully saturated rings. The zero-order valence-electron chi connectivity index (χ0n) is 29.4.